The standard InChI is InChI=1S/C15H14N6O2.Ni/c1-21(2)12-6-5-11(13-9(12)4-3-7-16-13)18-20-14-10(15(22)23)8-17-19-14;/h3-8H,1-2H3,(H,17,19)(H,22,23);. The van der Waals surface area contributed by atoms with Crippen LogP contribution in [0.2, 0.25) is 0 Å². The zero-order chi connectivity index (χ0) is 16.4. The van der Waals surface area contributed by atoms with Crippen LogP contribution in [0, 0.1) is 0 Å². The summed E-state index contributed by atoms with van der Waals surface area (Å²) in [5.41, 5.74) is 2.23. The molecule has 0 atom stereocenters. The SMILES string of the molecule is CN(C)c1ccc(N=Nc2[nH]ncc2C(=O)O)c2ncccc12.[Ni]. The van der Waals surface area contributed by atoms with Crippen molar-refractivity contribution in [2.75, 3.05) is 19.0 Å². The van der Waals surface area contributed by atoms with Gasteiger partial charge in [0, 0.05) is 47.9 Å². The molecule has 3 rings (SSSR count). The van der Waals surface area contributed by atoms with Gasteiger partial charge in [-0.3, -0.25) is 10.1 Å². The summed E-state index contributed by atoms with van der Waals surface area (Å²) in [7, 11) is 3.90. The van der Waals surface area contributed by atoms with E-state index in [9.17, 15) is 4.79 Å². The van der Waals surface area contributed by atoms with Crippen LogP contribution in [0.15, 0.2) is 46.9 Å². The molecule has 24 heavy (non-hydrogen) atoms. The third-order valence-electron chi connectivity index (χ3n) is 3.31. The minimum absolute atomic E-state index is 0. The number of aromatic nitrogens is 3. The van der Waals surface area contributed by atoms with Gasteiger partial charge in [0.15, 0.2) is 5.82 Å². The summed E-state index contributed by atoms with van der Waals surface area (Å²) in [6.07, 6.45) is 2.88. The molecule has 0 amide bonds. The monoisotopic (exact) mass is 368 g/mol. The van der Waals surface area contributed by atoms with Crippen LogP contribution in [0.25, 0.3) is 10.9 Å². The molecule has 3 aromatic rings. The van der Waals surface area contributed by atoms with Crippen molar-refractivity contribution in [3.05, 3.63) is 42.2 Å². The molecule has 1 aromatic carbocycles. The van der Waals surface area contributed by atoms with E-state index >= 15 is 0 Å². The number of azo groups is 1. The number of fused-ring (bicyclic) bond motifs is 1. The average molecular weight is 369 g/mol. The van der Waals surface area contributed by atoms with Gasteiger partial charge in [-0.05, 0) is 24.3 Å². The molecular formula is C15H14N6NiO2. The Balaban J connectivity index is 0.00000208. The molecule has 2 N–H and O–H groups in total. The first kappa shape index (κ1) is 17.6. The number of pyridine rings is 1. The van der Waals surface area contributed by atoms with Crippen LogP contribution < -0.4 is 4.90 Å². The molecule has 0 saturated heterocycles. The number of benzene rings is 1. The Morgan fingerprint density at radius 3 is 2.75 bits per heavy atom. The third-order valence-corrected chi connectivity index (χ3v) is 3.31. The number of nitrogens with zero attached hydrogens (tertiary/aromatic N) is 5. The molecule has 2 heterocycles. The molecular weight excluding hydrogens is 355 g/mol. The summed E-state index contributed by atoms with van der Waals surface area (Å²) in [6.45, 7) is 0. The van der Waals surface area contributed by atoms with Gasteiger partial charge < -0.3 is 10.0 Å². The molecule has 9 heteroatoms. The van der Waals surface area contributed by atoms with Crippen LogP contribution in [0.4, 0.5) is 17.2 Å². The molecule has 8 nitrogen and oxygen atoms in total. The topological polar surface area (TPSA) is 107 Å². The summed E-state index contributed by atoms with van der Waals surface area (Å²) in [5, 5.41) is 24.3. The fraction of sp³-hybridized carbons (Fsp3) is 0.133. The molecule has 0 aliphatic carbocycles. The van der Waals surface area contributed by atoms with Crippen molar-refractivity contribution in [2.45, 2.75) is 0 Å². The Labute approximate surface area is 147 Å². The summed E-state index contributed by atoms with van der Waals surface area (Å²) in [6, 6.07) is 7.53. The molecule has 126 valence electrons. The van der Waals surface area contributed by atoms with Crippen molar-refractivity contribution < 1.29 is 26.4 Å². The van der Waals surface area contributed by atoms with E-state index in [0.717, 1.165) is 11.1 Å². The van der Waals surface area contributed by atoms with E-state index in [1.54, 1.807) is 12.3 Å². The maximum Gasteiger partial charge on any atom is 0.341 e. The maximum atomic E-state index is 11.0. The number of carboxylic acid groups (broad SMARTS) is 1. The second-order valence-corrected chi connectivity index (χ2v) is 5.04. The first-order chi connectivity index (χ1) is 11.1. The van der Waals surface area contributed by atoms with Crippen molar-refractivity contribution >= 4 is 34.1 Å². The van der Waals surface area contributed by atoms with E-state index in [1.807, 2.05) is 37.2 Å². The van der Waals surface area contributed by atoms with Gasteiger partial charge in [0.25, 0.3) is 0 Å². The molecule has 0 spiro atoms. The zero-order valence-corrected chi connectivity index (χ0v) is 13.9. The van der Waals surface area contributed by atoms with Crippen molar-refractivity contribution in [2.24, 2.45) is 10.2 Å². The average Bonchev–Trinajstić information content (AvgIpc) is 3.01. The quantitative estimate of drug-likeness (QED) is 0.543. The molecule has 0 aliphatic rings. The van der Waals surface area contributed by atoms with Gasteiger partial charge in [-0.15, -0.1) is 10.2 Å². The molecule has 2 aromatic heterocycles. The Morgan fingerprint density at radius 2 is 2.04 bits per heavy atom. The Hall–Kier alpha value is -2.80. The summed E-state index contributed by atoms with van der Waals surface area (Å²) in [4.78, 5) is 17.4. The zero-order valence-electron chi connectivity index (χ0n) is 12.9. The van der Waals surface area contributed by atoms with E-state index in [4.69, 9.17) is 5.11 Å². The Bertz CT molecular complexity index is 906. The van der Waals surface area contributed by atoms with Gasteiger partial charge in [-0.25, -0.2) is 4.79 Å². The van der Waals surface area contributed by atoms with Gasteiger partial charge in [0.2, 0.25) is 0 Å². The first-order valence-corrected chi connectivity index (χ1v) is 6.81. The minimum Gasteiger partial charge on any atom is -0.477 e. The van der Waals surface area contributed by atoms with Crippen LogP contribution in [-0.4, -0.2) is 40.4 Å². The predicted molar refractivity (Wildman–Crippen MR) is 85.8 cm³/mol. The predicted octanol–water partition coefficient (Wildman–Crippen LogP) is 3.14. The number of carboxylic acids is 1. The fourth-order valence-electron chi connectivity index (χ4n) is 2.23. The summed E-state index contributed by atoms with van der Waals surface area (Å²) < 4.78 is 0. The van der Waals surface area contributed by atoms with Crippen molar-refractivity contribution in [3.8, 4) is 0 Å². The van der Waals surface area contributed by atoms with Gasteiger partial charge >= 0.3 is 5.97 Å². The number of rotatable bonds is 4. The minimum atomic E-state index is -1.11. The molecule has 0 radical (unpaired) electrons. The van der Waals surface area contributed by atoms with E-state index < -0.39 is 5.97 Å². The first-order valence-electron chi connectivity index (χ1n) is 6.81. The number of H-pyrrole nitrogens is 1. The van der Waals surface area contributed by atoms with E-state index in [2.05, 4.69) is 25.4 Å². The molecule has 0 saturated carbocycles. The van der Waals surface area contributed by atoms with Crippen LogP contribution in [-0.2, 0) is 16.5 Å². The summed E-state index contributed by atoms with van der Waals surface area (Å²) in [5.74, 6) is -1.02. The summed E-state index contributed by atoms with van der Waals surface area (Å²) >= 11 is 0. The van der Waals surface area contributed by atoms with E-state index in [1.165, 1.54) is 6.20 Å². The van der Waals surface area contributed by atoms with Crippen LogP contribution in [0.1, 0.15) is 10.4 Å². The molecule has 0 bridgehead atoms. The van der Waals surface area contributed by atoms with Crippen molar-refractivity contribution in [3.63, 3.8) is 0 Å². The van der Waals surface area contributed by atoms with Crippen LogP contribution in [0.5, 0.6) is 0 Å². The van der Waals surface area contributed by atoms with Crippen molar-refractivity contribution in [1.29, 1.82) is 0 Å². The number of aromatic amines is 1. The second-order valence-electron chi connectivity index (χ2n) is 5.04. The van der Waals surface area contributed by atoms with Gasteiger partial charge in [0.05, 0.1) is 11.7 Å². The van der Waals surface area contributed by atoms with E-state index in [-0.39, 0.29) is 27.9 Å². The van der Waals surface area contributed by atoms with Gasteiger partial charge in [0.1, 0.15) is 11.3 Å². The van der Waals surface area contributed by atoms with Crippen molar-refractivity contribution in [1.82, 2.24) is 15.2 Å². The largest absolute Gasteiger partial charge is 0.477 e. The van der Waals surface area contributed by atoms with Crippen LogP contribution >= 0.6 is 0 Å². The second kappa shape index (κ2) is 7.18. The number of hydrogen-bond donors (Lipinski definition) is 2. The molecule has 0 fully saturated rings. The van der Waals surface area contributed by atoms with Gasteiger partial charge in [-0.2, -0.15) is 5.10 Å². The van der Waals surface area contributed by atoms with Gasteiger partial charge in [-0.1, -0.05) is 0 Å². The maximum absolute atomic E-state index is 11.0. The molecule has 0 aliphatic heterocycles. The normalized spacial score (nSPS) is 10.8. The van der Waals surface area contributed by atoms with E-state index in [0.29, 0.717) is 11.2 Å². The number of anilines is 1. The fourth-order valence-corrected chi connectivity index (χ4v) is 2.23. The molecule has 0 unspecified atom stereocenters. The Morgan fingerprint density at radius 1 is 1.25 bits per heavy atom. The number of hydrogen-bond acceptors (Lipinski definition) is 6. The Kier molecular flexibility index (Phi) is 5.26. The number of aromatic carboxylic acids is 1. The van der Waals surface area contributed by atoms with Crippen LogP contribution in [0.3, 0.4) is 0 Å². The number of nitrogens with one attached hydrogen (secondary N) is 1. The number of carbonyl (C=O) groups is 1. The third kappa shape index (κ3) is 3.26. The smallest absolute Gasteiger partial charge is 0.341 e.